The summed E-state index contributed by atoms with van der Waals surface area (Å²) in [6, 6.07) is 0.0236. The molecule has 0 aromatic carbocycles. The molecule has 7 heteroatoms. The summed E-state index contributed by atoms with van der Waals surface area (Å²) in [5.41, 5.74) is 1.16. The molecule has 0 saturated heterocycles. The predicted octanol–water partition coefficient (Wildman–Crippen LogP) is 2.95. The Morgan fingerprint density at radius 1 is 1.27 bits per heavy atom. The Morgan fingerprint density at radius 2 is 2.00 bits per heavy atom. The Balaban J connectivity index is 2.14. The van der Waals surface area contributed by atoms with Gasteiger partial charge in [0.25, 0.3) is 0 Å². The van der Waals surface area contributed by atoms with Gasteiger partial charge in [-0.25, -0.2) is 0 Å². The van der Waals surface area contributed by atoms with Crippen molar-refractivity contribution in [2.45, 2.75) is 33.2 Å². The molecule has 2 N–H and O–H groups in total. The molecule has 1 aromatic rings. The third-order valence-corrected chi connectivity index (χ3v) is 3.28. The van der Waals surface area contributed by atoms with Gasteiger partial charge in [-0.05, 0) is 38.0 Å². The largest absolute Gasteiger partial charge is 0.348 e. The Labute approximate surface area is 134 Å². The molecule has 22 heavy (non-hydrogen) atoms. The maximum absolute atomic E-state index is 11.1. The quantitative estimate of drug-likeness (QED) is 0.892. The molecule has 1 heterocycles. The van der Waals surface area contributed by atoms with E-state index < -0.39 is 0 Å². The first-order chi connectivity index (χ1) is 10.4. The van der Waals surface area contributed by atoms with Crippen molar-refractivity contribution in [1.82, 2.24) is 15.0 Å². The van der Waals surface area contributed by atoms with Crippen LogP contribution >= 0.6 is 11.6 Å². The van der Waals surface area contributed by atoms with E-state index in [-0.39, 0.29) is 17.9 Å². The van der Waals surface area contributed by atoms with Crippen molar-refractivity contribution in [1.29, 1.82) is 0 Å². The van der Waals surface area contributed by atoms with Crippen LogP contribution in [-0.2, 0) is 4.79 Å². The van der Waals surface area contributed by atoms with Crippen LogP contribution in [0.4, 0.5) is 11.9 Å². The molecule has 0 bridgehead atoms. The second-order valence-corrected chi connectivity index (χ2v) is 5.41. The van der Waals surface area contributed by atoms with Crippen molar-refractivity contribution < 1.29 is 4.79 Å². The minimum absolute atomic E-state index is 0.0236. The van der Waals surface area contributed by atoms with E-state index in [1.54, 1.807) is 6.92 Å². The van der Waals surface area contributed by atoms with Crippen LogP contribution in [0.1, 0.15) is 26.1 Å². The lowest BCUT2D eigenvalue weighted by Crippen LogP contribution is -2.21. The van der Waals surface area contributed by atoms with E-state index >= 15 is 0 Å². The Bertz CT molecular complexity index is 666. The molecule has 0 aliphatic heterocycles. The Kier molecular flexibility index (Phi) is 5.27. The highest BCUT2D eigenvalue weighted by molar-refractivity contribution is 6.31. The van der Waals surface area contributed by atoms with E-state index in [1.807, 2.05) is 31.2 Å². The first kappa shape index (κ1) is 16.2. The SMILES string of the molecule is CC(=O)Nc1nc(C)nc(NC(C)C2=CC=C(Cl)C=CC2)n1. The van der Waals surface area contributed by atoms with Crippen molar-refractivity contribution in [2.24, 2.45) is 0 Å². The van der Waals surface area contributed by atoms with Gasteiger partial charge in [-0.1, -0.05) is 23.8 Å². The highest BCUT2D eigenvalue weighted by atomic mass is 35.5. The number of halogens is 1. The molecular weight excluding hydrogens is 302 g/mol. The zero-order valence-electron chi connectivity index (χ0n) is 12.7. The number of amides is 1. The molecule has 1 unspecified atom stereocenters. The summed E-state index contributed by atoms with van der Waals surface area (Å²) < 4.78 is 0. The zero-order chi connectivity index (χ0) is 16.1. The maximum atomic E-state index is 11.1. The predicted molar refractivity (Wildman–Crippen MR) is 87.7 cm³/mol. The van der Waals surface area contributed by atoms with Crippen molar-refractivity contribution in [2.75, 3.05) is 10.6 Å². The Morgan fingerprint density at radius 3 is 2.73 bits per heavy atom. The minimum atomic E-state index is -0.221. The number of anilines is 2. The van der Waals surface area contributed by atoms with Gasteiger partial charge in [0.15, 0.2) is 0 Å². The molecule has 2 rings (SSSR count). The molecule has 6 nitrogen and oxygen atoms in total. The lowest BCUT2D eigenvalue weighted by atomic mass is 10.1. The summed E-state index contributed by atoms with van der Waals surface area (Å²) in [4.78, 5) is 23.6. The summed E-state index contributed by atoms with van der Waals surface area (Å²) >= 11 is 5.98. The number of allylic oxidation sites excluding steroid dienone is 5. The van der Waals surface area contributed by atoms with E-state index in [9.17, 15) is 4.79 Å². The number of hydrogen-bond donors (Lipinski definition) is 2. The second kappa shape index (κ2) is 7.17. The first-order valence-corrected chi connectivity index (χ1v) is 7.31. The molecule has 0 saturated carbocycles. The third-order valence-electron chi connectivity index (χ3n) is 3.02. The van der Waals surface area contributed by atoms with Crippen LogP contribution in [0.5, 0.6) is 0 Å². The van der Waals surface area contributed by atoms with Crippen LogP contribution in [0.25, 0.3) is 0 Å². The molecule has 1 aliphatic carbocycles. The van der Waals surface area contributed by atoms with Crippen molar-refractivity contribution in [3.05, 3.63) is 40.7 Å². The summed E-state index contributed by atoms with van der Waals surface area (Å²) in [5, 5.41) is 6.48. The molecule has 1 atom stereocenters. The van der Waals surface area contributed by atoms with Crippen LogP contribution in [0, 0.1) is 6.92 Å². The lowest BCUT2D eigenvalue weighted by Gasteiger charge is -2.16. The number of aryl methyl sites for hydroxylation is 1. The highest BCUT2D eigenvalue weighted by Gasteiger charge is 2.12. The van der Waals surface area contributed by atoms with Gasteiger partial charge < -0.3 is 5.32 Å². The molecule has 1 amide bonds. The van der Waals surface area contributed by atoms with Crippen molar-refractivity contribution >= 4 is 29.4 Å². The summed E-state index contributed by atoms with van der Waals surface area (Å²) in [6.45, 7) is 5.18. The second-order valence-electron chi connectivity index (χ2n) is 4.98. The van der Waals surface area contributed by atoms with Crippen LogP contribution in [0.15, 0.2) is 34.9 Å². The fourth-order valence-electron chi connectivity index (χ4n) is 1.99. The number of rotatable bonds is 4. The molecule has 1 aromatic heterocycles. The van der Waals surface area contributed by atoms with Gasteiger partial charge in [-0.3, -0.25) is 10.1 Å². The maximum Gasteiger partial charge on any atom is 0.234 e. The lowest BCUT2D eigenvalue weighted by molar-refractivity contribution is -0.114. The number of hydrogen-bond acceptors (Lipinski definition) is 5. The fraction of sp³-hybridized carbons (Fsp3) is 0.333. The number of nitrogens with zero attached hydrogens (tertiary/aromatic N) is 3. The van der Waals surface area contributed by atoms with Gasteiger partial charge in [0.1, 0.15) is 5.82 Å². The van der Waals surface area contributed by atoms with E-state index in [2.05, 4.69) is 25.6 Å². The molecular formula is C15H18ClN5O. The first-order valence-electron chi connectivity index (χ1n) is 6.93. The summed E-state index contributed by atoms with van der Waals surface area (Å²) in [7, 11) is 0. The van der Waals surface area contributed by atoms with Crippen LogP contribution < -0.4 is 10.6 Å². The molecule has 0 spiro atoms. The number of carbonyl (C=O) groups excluding carboxylic acids is 1. The summed E-state index contributed by atoms with van der Waals surface area (Å²) in [5.74, 6) is 0.979. The van der Waals surface area contributed by atoms with Gasteiger partial charge in [0, 0.05) is 18.0 Å². The van der Waals surface area contributed by atoms with Gasteiger partial charge in [-0.15, -0.1) is 0 Å². The topological polar surface area (TPSA) is 79.8 Å². The average Bonchev–Trinajstić information content (AvgIpc) is 2.62. The van der Waals surface area contributed by atoms with E-state index in [0.717, 1.165) is 12.0 Å². The van der Waals surface area contributed by atoms with Gasteiger partial charge in [0.2, 0.25) is 17.8 Å². The van der Waals surface area contributed by atoms with Crippen molar-refractivity contribution in [3.8, 4) is 0 Å². The zero-order valence-corrected chi connectivity index (χ0v) is 13.5. The number of nitrogens with one attached hydrogen (secondary N) is 2. The van der Waals surface area contributed by atoms with E-state index in [0.29, 0.717) is 16.8 Å². The van der Waals surface area contributed by atoms with E-state index in [1.165, 1.54) is 6.92 Å². The van der Waals surface area contributed by atoms with E-state index in [4.69, 9.17) is 11.6 Å². The fourth-order valence-corrected chi connectivity index (χ4v) is 2.14. The van der Waals surface area contributed by atoms with Crippen LogP contribution in [0.2, 0.25) is 0 Å². The minimum Gasteiger partial charge on any atom is -0.348 e. The molecule has 0 radical (unpaired) electrons. The van der Waals surface area contributed by atoms with Gasteiger partial charge in [-0.2, -0.15) is 15.0 Å². The van der Waals surface area contributed by atoms with Crippen LogP contribution in [0.3, 0.4) is 0 Å². The summed E-state index contributed by atoms with van der Waals surface area (Å²) in [6.07, 6.45) is 8.53. The Hall–Kier alpha value is -2.21. The van der Waals surface area contributed by atoms with Gasteiger partial charge in [0.05, 0.1) is 0 Å². The molecule has 1 aliphatic rings. The third kappa shape index (κ3) is 4.66. The molecule has 116 valence electrons. The highest BCUT2D eigenvalue weighted by Crippen LogP contribution is 2.18. The standard InChI is InChI=1S/C15H18ClN5O/c1-9(12-5-4-6-13(16)8-7-12)17-14-18-10(2)19-15(21-14)20-11(3)22/h4,6-9H,5H2,1-3H3,(H2,17,18,19,20,21,22). The molecule has 0 fully saturated rings. The average molecular weight is 320 g/mol. The normalized spacial score (nSPS) is 15.5. The van der Waals surface area contributed by atoms with Crippen LogP contribution in [-0.4, -0.2) is 26.9 Å². The monoisotopic (exact) mass is 319 g/mol. The number of aromatic nitrogens is 3. The van der Waals surface area contributed by atoms with Gasteiger partial charge >= 0.3 is 0 Å². The van der Waals surface area contributed by atoms with Crippen molar-refractivity contribution in [3.63, 3.8) is 0 Å². The number of carbonyl (C=O) groups is 1. The smallest absolute Gasteiger partial charge is 0.234 e.